The molecule has 0 aromatic carbocycles. The fraction of sp³-hybridized carbons (Fsp3) is 0.615. The zero-order valence-corrected chi connectivity index (χ0v) is 10.1. The summed E-state index contributed by atoms with van der Waals surface area (Å²) in [5.41, 5.74) is 1.73. The Kier molecular flexibility index (Phi) is 2.74. The van der Waals surface area contributed by atoms with Crippen LogP contribution >= 0.6 is 0 Å². The predicted octanol–water partition coefficient (Wildman–Crippen LogP) is 2.64. The molecule has 0 spiro atoms. The average Bonchev–Trinajstić information content (AvgIpc) is 2.88. The number of halogens is 1. The van der Waals surface area contributed by atoms with Crippen LogP contribution in [-0.4, -0.2) is 29.7 Å². The van der Waals surface area contributed by atoms with Crippen molar-refractivity contribution in [3.63, 3.8) is 0 Å². The van der Waals surface area contributed by atoms with Gasteiger partial charge in [-0.15, -0.1) is 0 Å². The molecule has 0 radical (unpaired) electrons. The third-order valence-corrected chi connectivity index (χ3v) is 3.89. The van der Waals surface area contributed by atoms with Gasteiger partial charge in [0.15, 0.2) is 11.6 Å². The zero-order valence-electron chi connectivity index (χ0n) is 10.1. The molecular weight excluding hydrogens is 219 g/mol. The Balaban J connectivity index is 1.91. The number of hydrogen-bond donors (Lipinski definition) is 0. The van der Waals surface area contributed by atoms with E-state index in [2.05, 4.69) is 10.1 Å². The van der Waals surface area contributed by atoms with Crippen LogP contribution in [0, 0.1) is 5.92 Å². The van der Waals surface area contributed by atoms with E-state index in [1.807, 2.05) is 6.92 Å². The summed E-state index contributed by atoms with van der Waals surface area (Å²) in [6.07, 6.45) is 2.94. The van der Waals surface area contributed by atoms with Crippen molar-refractivity contribution < 1.29 is 8.91 Å². The lowest BCUT2D eigenvalue weighted by atomic mass is 9.83. The Labute approximate surface area is 100 Å². The number of rotatable bonds is 2. The van der Waals surface area contributed by atoms with Gasteiger partial charge in [0.1, 0.15) is 0 Å². The van der Waals surface area contributed by atoms with Crippen molar-refractivity contribution >= 4 is 5.83 Å². The lowest BCUT2D eigenvalue weighted by Crippen LogP contribution is -2.43. The van der Waals surface area contributed by atoms with Crippen LogP contribution in [0.4, 0.5) is 4.39 Å². The van der Waals surface area contributed by atoms with Gasteiger partial charge in [0.25, 0.3) is 0 Å². The van der Waals surface area contributed by atoms with Crippen molar-refractivity contribution in [1.82, 2.24) is 10.1 Å². The van der Waals surface area contributed by atoms with Gasteiger partial charge in [-0.05, 0) is 43.8 Å². The molecular formula is C13H17FN2O. The van der Waals surface area contributed by atoms with E-state index >= 15 is 0 Å². The molecule has 3 nitrogen and oxygen atoms in total. The van der Waals surface area contributed by atoms with Crippen LogP contribution in [0.1, 0.15) is 31.2 Å². The molecule has 3 aliphatic rings. The van der Waals surface area contributed by atoms with Crippen LogP contribution in [0.2, 0.25) is 0 Å². The number of aromatic nitrogens is 1. The first kappa shape index (κ1) is 11.0. The van der Waals surface area contributed by atoms with E-state index in [-0.39, 0.29) is 5.83 Å². The van der Waals surface area contributed by atoms with Gasteiger partial charge >= 0.3 is 0 Å². The second-order valence-corrected chi connectivity index (χ2v) is 4.93. The summed E-state index contributed by atoms with van der Waals surface area (Å²) in [5, 5.41) is 3.85. The molecule has 3 aliphatic heterocycles. The van der Waals surface area contributed by atoms with Crippen LogP contribution in [0.15, 0.2) is 16.2 Å². The van der Waals surface area contributed by atoms with Crippen LogP contribution < -0.4 is 0 Å². The SMILES string of the molecule is CCc1cc(/C(F)=C2\CN3CCC2CC3)on1. The lowest BCUT2D eigenvalue weighted by Gasteiger charge is -2.40. The number of fused-ring (bicyclic) bond motifs is 3. The highest BCUT2D eigenvalue weighted by Gasteiger charge is 2.33. The molecule has 92 valence electrons. The smallest absolute Gasteiger partial charge is 0.195 e. The number of aryl methyl sites for hydroxylation is 1. The summed E-state index contributed by atoms with van der Waals surface area (Å²) < 4.78 is 19.4. The normalized spacial score (nSPS) is 30.7. The first-order valence-electron chi connectivity index (χ1n) is 6.34. The van der Waals surface area contributed by atoms with Crippen molar-refractivity contribution in [3.8, 4) is 0 Å². The molecule has 0 amide bonds. The van der Waals surface area contributed by atoms with Crippen molar-refractivity contribution in [1.29, 1.82) is 0 Å². The predicted molar refractivity (Wildman–Crippen MR) is 63.1 cm³/mol. The molecule has 0 atom stereocenters. The Morgan fingerprint density at radius 3 is 2.82 bits per heavy atom. The number of piperidine rings is 3. The van der Waals surface area contributed by atoms with Gasteiger partial charge in [-0.1, -0.05) is 12.1 Å². The van der Waals surface area contributed by atoms with Gasteiger partial charge in [-0.25, -0.2) is 4.39 Å². The van der Waals surface area contributed by atoms with Crippen LogP contribution in [0.25, 0.3) is 5.83 Å². The van der Waals surface area contributed by atoms with Crippen molar-refractivity contribution in [2.45, 2.75) is 26.2 Å². The topological polar surface area (TPSA) is 29.3 Å². The van der Waals surface area contributed by atoms with Crippen LogP contribution in [0.3, 0.4) is 0 Å². The summed E-state index contributed by atoms with van der Waals surface area (Å²) in [5.74, 6) is 0.548. The molecule has 4 heterocycles. The van der Waals surface area contributed by atoms with Crippen molar-refractivity contribution in [2.24, 2.45) is 5.92 Å². The Morgan fingerprint density at radius 1 is 1.53 bits per heavy atom. The molecule has 2 bridgehead atoms. The van der Waals surface area contributed by atoms with Crippen LogP contribution in [0.5, 0.6) is 0 Å². The minimum atomic E-state index is -0.174. The molecule has 4 rings (SSSR count). The van der Waals surface area contributed by atoms with E-state index < -0.39 is 0 Å². The number of hydrogen-bond acceptors (Lipinski definition) is 3. The summed E-state index contributed by atoms with van der Waals surface area (Å²) in [4.78, 5) is 2.31. The summed E-state index contributed by atoms with van der Waals surface area (Å²) >= 11 is 0. The van der Waals surface area contributed by atoms with Gasteiger partial charge in [0, 0.05) is 12.6 Å². The van der Waals surface area contributed by atoms with E-state index in [1.54, 1.807) is 6.07 Å². The highest BCUT2D eigenvalue weighted by molar-refractivity contribution is 5.59. The first-order valence-corrected chi connectivity index (χ1v) is 6.34. The van der Waals surface area contributed by atoms with Crippen LogP contribution in [-0.2, 0) is 6.42 Å². The van der Waals surface area contributed by atoms with Gasteiger partial charge < -0.3 is 4.52 Å². The molecule has 0 N–H and O–H groups in total. The maximum absolute atomic E-state index is 14.3. The zero-order chi connectivity index (χ0) is 11.8. The third-order valence-electron chi connectivity index (χ3n) is 3.89. The molecule has 3 saturated heterocycles. The standard InChI is InChI=1S/C13H17FN2O/c1-2-10-7-12(17-15-10)13(14)11-8-16-5-3-9(11)4-6-16/h7,9H,2-6,8H2,1H3/b13-11-. The average molecular weight is 236 g/mol. The molecule has 17 heavy (non-hydrogen) atoms. The molecule has 3 fully saturated rings. The molecule has 4 heteroatoms. The van der Waals surface area contributed by atoms with Gasteiger partial charge in [0.05, 0.1) is 5.69 Å². The van der Waals surface area contributed by atoms with E-state index in [9.17, 15) is 4.39 Å². The molecule has 0 aliphatic carbocycles. The minimum absolute atomic E-state index is 0.174. The van der Waals surface area contributed by atoms with Gasteiger partial charge in [-0.3, -0.25) is 4.90 Å². The monoisotopic (exact) mass is 236 g/mol. The van der Waals surface area contributed by atoms with E-state index in [0.717, 1.165) is 50.2 Å². The lowest BCUT2D eigenvalue weighted by molar-refractivity contribution is 0.160. The Morgan fingerprint density at radius 2 is 2.29 bits per heavy atom. The van der Waals surface area contributed by atoms with Gasteiger partial charge in [-0.2, -0.15) is 0 Å². The van der Waals surface area contributed by atoms with Gasteiger partial charge in [0.2, 0.25) is 0 Å². The summed E-state index contributed by atoms with van der Waals surface area (Å²) in [7, 11) is 0. The molecule has 1 aromatic heterocycles. The molecule has 0 unspecified atom stereocenters. The molecule has 0 saturated carbocycles. The second kappa shape index (κ2) is 4.26. The summed E-state index contributed by atoms with van der Waals surface area (Å²) in [6.45, 7) is 4.97. The Bertz CT molecular complexity index is 444. The maximum atomic E-state index is 14.3. The molecule has 1 aromatic rings. The number of nitrogens with zero attached hydrogens (tertiary/aromatic N) is 2. The highest BCUT2D eigenvalue weighted by Crippen LogP contribution is 2.37. The second-order valence-electron chi connectivity index (χ2n) is 4.93. The van der Waals surface area contributed by atoms with Crippen molar-refractivity contribution in [2.75, 3.05) is 19.6 Å². The first-order chi connectivity index (χ1) is 8.28. The third kappa shape index (κ3) is 1.90. The fourth-order valence-electron chi connectivity index (χ4n) is 2.80. The van der Waals surface area contributed by atoms with Crippen molar-refractivity contribution in [3.05, 3.63) is 23.1 Å². The van der Waals surface area contributed by atoms with E-state index in [1.165, 1.54) is 0 Å². The highest BCUT2D eigenvalue weighted by atomic mass is 19.1. The van der Waals surface area contributed by atoms with E-state index in [4.69, 9.17) is 4.52 Å². The largest absolute Gasteiger partial charge is 0.354 e. The maximum Gasteiger partial charge on any atom is 0.195 e. The van der Waals surface area contributed by atoms with E-state index in [0.29, 0.717) is 11.7 Å². The fourth-order valence-corrected chi connectivity index (χ4v) is 2.80. The Hall–Kier alpha value is -1.16. The summed E-state index contributed by atoms with van der Waals surface area (Å²) in [6, 6.07) is 1.72. The quantitative estimate of drug-likeness (QED) is 0.790. The minimum Gasteiger partial charge on any atom is -0.354 e.